The summed E-state index contributed by atoms with van der Waals surface area (Å²) in [7, 11) is 0. The van der Waals surface area contributed by atoms with Crippen LogP contribution in [0.3, 0.4) is 0 Å². The number of nitrogens with one attached hydrogen (secondary N) is 1. The van der Waals surface area contributed by atoms with E-state index in [1.807, 2.05) is 0 Å². The molecule has 3 N–H and O–H groups in total. The Morgan fingerprint density at radius 1 is 1.29 bits per heavy atom. The van der Waals surface area contributed by atoms with Crippen molar-refractivity contribution in [3.05, 3.63) is 41.3 Å². The van der Waals surface area contributed by atoms with E-state index in [-0.39, 0.29) is 16.7 Å². The SMILES string of the molecule is Cc1cc(C(=N)N)nc(Sc2ccc(C(F)(F)F)cn2)n1. The van der Waals surface area contributed by atoms with E-state index in [1.54, 1.807) is 13.0 Å². The van der Waals surface area contributed by atoms with Crippen LogP contribution in [0.4, 0.5) is 13.2 Å². The summed E-state index contributed by atoms with van der Waals surface area (Å²) in [4.78, 5) is 11.9. The molecule has 0 aromatic carbocycles. The van der Waals surface area contributed by atoms with Gasteiger partial charge in [0.2, 0.25) is 0 Å². The second kappa shape index (κ2) is 5.68. The van der Waals surface area contributed by atoms with E-state index in [1.165, 1.54) is 6.07 Å². The predicted octanol–water partition coefficient (Wildman–Crippen LogP) is 2.63. The van der Waals surface area contributed by atoms with E-state index in [9.17, 15) is 13.2 Å². The molecule has 2 rings (SSSR count). The average Bonchev–Trinajstić information content (AvgIpc) is 2.37. The van der Waals surface area contributed by atoms with Crippen LogP contribution in [-0.2, 0) is 6.18 Å². The topological polar surface area (TPSA) is 88.5 Å². The highest BCUT2D eigenvalue weighted by atomic mass is 32.2. The number of hydrogen-bond acceptors (Lipinski definition) is 5. The normalized spacial score (nSPS) is 11.4. The van der Waals surface area contributed by atoms with Crippen LogP contribution in [0.15, 0.2) is 34.6 Å². The minimum absolute atomic E-state index is 0.206. The molecule has 0 aliphatic carbocycles. The molecule has 0 aliphatic rings. The number of hydrogen-bond donors (Lipinski definition) is 2. The van der Waals surface area contributed by atoms with Crippen molar-refractivity contribution in [1.82, 2.24) is 15.0 Å². The second-order valence-corrected chi connectivity index (χ2v) is 5.06. The van der Waals surface area contributed by atoms with Gasteiger partial charge in [-0.1, -0.05) is 0 Å². The van der Waals surface area contributed by atoms with Crippen molar-refractivity contribution >= 4 is 17.6 Å². The highest BCUT2D eigenvalue weighted by molar-refractivity contribution is 7.99. The lowest BCUT2D eigenvalue weighted by Crippen LogP contribution is -2.14. The van der Waals surface area contributed by atoms with E-state index in [0.29, 0.717) is 10.7 Å². The van der Waals surface area contributed by atoms with Gasteiger partial charge in [0.15, 0.2) is 5.16 Å². The van der Waals surface area contributed by atoms with E-state index >= 15 is 0 Å². The largest absolute Gasteiger partial charge is 0.417 e. The third kappa shape index (κ3) is 3.91. The molecule has 21 heavy (non-hydrogen) atoms. The van der Waals surface area contributed by atoms with E-state index in [2.05, 4.69) is 15.0 Å². The maximum atomic E-state index is 12.4. The van der Waals surface area contributed by atoms with Crippen molar-refractivity contribution in [3.63, 3.8) is 0 Å². The molecule has 0 atom stereocenters. The Morgan fingerprint density at radius 3 is 2.52 bits per heavy atom. The van der Waals surface area contributed by atoms with Gasteiger partial charge >= 0.3 is 6.18 Å². The van der Waals surface area contributed by atoms with Crippen LogP contribution in [-0.4, -0.2) is 20.8 Å². The number of nitrogens with zero attached hydrogens (tertiary/aromatic N) is 3. The van der Waals surface area contributed by atoms with Gasteiger partial charge in [0.25, 0.3) is 0 Å². The number of nitrogens with two attached hydrogens (primary N) is 1. The van der Waals surface area contributed by atoms with Gasteiger partial charge in [-0.25, -0.2) is 15.0 Å². The molecule has 0 spiro atoms. The van der Waals surface area contributed by atoms with Gasteiger partial charge < -0.3 is 5.73 Å². The van der Waals surface area contributed by atoms with Crippen molar-refractivity contribution in [3.8, 4) is 0 Å². The fourth-order valence-electron chi connectivity index (χ4n) is 1.43. The summed E-state index contributed by atoms with van der Waals surface area (Å²) < 4.78 is 37.3. The molecule has 110 valence electrons. The highest BCUT2D eigenvalue weighted by Crippen LogP contribution is 2.30. The van der Waals surface area contributed by atoms with Crippen molar-refractivity contribution in [1.29, 1.82) is 5.41 Å². The molecule has 0 amide bonds. The Balaban J connectivity index is 2.24. The van der Waals surface area contributed by atoms with Crippen molar-refractivity contribution in [2.24, 2.45) is 5.73 Å². The van der Waals surface area contributed by atoms with Crippen LogP contribution < -0.4 is 5.73 Å². The van der Waals surface area contributed by atoms with Crippen LogP contribution in [0, 0.1) is 12.3 Å². The average molecular weight is 313 g/mol. The number of rotatable bonds is 3. The molecule has 0 bridgehead atoms. The first-order valence-electron chi connectivity index (χ1n) is 5.67. The molecule has 2 aromatic heterocycles. The van der Waals surface area contributed by atoms with E-state index in [4.69, 9.17) is 11.1 Å². The van der Waals surface area contributed by atoms with Crippen LogP contribution in [0.1, 0.15) is 17.0 Å². The summed E-state index contributed by atoms with van der Waals surface area (Å²) in [6.07, 6.45) is -3.66. The summed E-state index contributed by atoms with van der Waals surface area (Å²) >= 11 is 1.000. The minimum atomic E-state index is -4.42. The smallest absolute Gasteiger partial charge is 0.382 e. The third-order valence-electron chi connectivity index (χ3n) is 2.37. The maximum absolute atomic E-state index is 12.4. The monoisotopic (exact) mass is 313 g/mol. The van der Waals surface area contributed by atoms with Crippen molar-refractivity contribution < 1.29 is 13.2 Å². The molecule has 0 saturated carbocycles. The molecule has 5 nitrogen and oxygen atoms in total. The lowest BCUT2D eigenvalue weighted by atomic mass is 10.3. The fraction of sp³-hybridized carbons (Fsp3) is 0.167. The fourth-order valence-corrected chi connectivity index (χ4v) is 2.19. The van der Waals surface area contributed by atoms with Crippen LogP contribution >= 0.6 is 11.8 Å². The van der Waals surface area contributed by atoms with Gasteiger partial charge in [0.05, 0.1) is 5.56 Å². The quantitative estimate of drug-likeness (QED) is 0.516. The van der Waals surface area contributed by atoms with Gasteiger partial charge in [-0.2, -0.15) is 13.2 Å². The lowest BCUT2D eigenvalue weighted by molar-refractivity contribution is -0.137. The number of aromatic nitrogens is 3. The van der Waals surface area contributed by atoms with Gasteiger partial charge in [0, 0.05) is 11.9 Å². The van der Waals surface area contributed by atoms with E-state index < -0.39 is 11.7 Å². The Morgan fingerprint density at radius 2 is 2.00 bits per heavy atom. The molecule has 0 aliphatic heterocycles. The van der Waals surface area contributed by atoms with Crippen LogP contribution in [0.25, 0.3) is 0 Å². The maximum Gasteiger partial charge on any atom is 0.417 e. The van der Waals surface area contributed by atoms with Crippen molar-refractivity contribution in [2.75, 3.05) is 0 Å². The second-order valence-electron chi connectivity index (χ2n) is 4.08. The predicted molar refractivity (Wildman–Crippen MR) is 71.1 cm³/mol. The Hall–Kier alpha value is -2.16. The minimum Gasteiger partial charge on any atom is -0.382 e. The number of pyridine rings is 1. The first-order chi connectivity index (χ1) is 9.75. The molecule has 0 saturated heterocycles. The van der Waals surface area contributed by atoms with E-state index in [0.717, 1.165) is 24.0 Å². The van der Waals surface area contributed by atoms with Crippen molar-refractivity contribution in [2.45, 2.75) is 23.3 Å². The summed E-state index contributed by atoms with van der Waals surface area (Å²) in [6.45, 7) is 1.71. The molecule has 0 radical (unpaired) electrons. The standard InChI is InChI=1S/C12H10F3N5S/c1-6-4-8(10(16)17)20-11(19-6)21-9-3-2-7(5-18-9)12(13,14)15/h2-5H,1H3,(H3,16,17). The first-order valence-corrected chi connectivity index (χ1v) is 6.48. The number of halogens is 3. The first kappa shape index (κ1) is 15.2. The molecule has 2 aromatic rings. The lowest BCUT2D eigenvalue weighted by Gasteiger charge is -2.07. The Kier molecular flexibility index (Phi) is 4.12. The summed E-state index contributed by atoms with van der Waals surface area (Å²) in [5, 5.41) is 7.94. The number of alkyl halides is 3. The zero-order chi connectivity index (χ0) is 15.6. The summed E-state index contributed by atoms with van der Waals surface area (Å²) in [6, 6.07) is 3.73. The molecular formula is C12H10F3N5S. The third-order valence-corrected chi connectivity index (χ3v) is 3.18. The number of amidine groups is 1. The highest BCUT2D eigenvalue weighted by Gasteiger charge is 2.30. The molecule has 0 unspecified atom stereocenters. The molecule has 0 fully saturated rings. The van der Waals surface area contributed by atoms with Gasteiger partial charge in [-0.05, 0) is 36.9 Å². The summed E-state index contributed by atoms with van der Waals surface area (Å²) in [5.74, 6) is -0.206. The summed E-state index contributed by atoms with van der Waals surface area (Å²) in [5.41, 5.74) is 5.40. The molecule has 2 heterocycles. The Bertz CT molecular complexity index is 670. The zero-order valence-corrected chi connectivity index (χ0v) is 11.6. The van der Waals surface area contributed by atoms with Gasteiger partial charge in [-0.15, -0.1) is 0 Å². The zero-order valence-electron chi connectivity index (χ0n) is 10.8. The Labute approximate surface area is 122 Å². The molecule has 9 heteroatoms. The van der Waals surface area contributed by atoms with Gasteiger partial charge in [-0.3, -0.25) is 5.41 Å². The number of nitrogen functional groups attached to an aromatic ring is 1. The van der Waals surface area contributed by atoms with Crippen LogP contribution in [0.2, 0.25) is 0 Å². The molecular weight excluding hydrogens is 303 g/mol. The number of aryl methyl sites for hydroxylation is 1. The van der Waals surface area contributed by atoms with Gasteiger partial charge in [0.1, 0.15) is 16.6 Å². The van der Waals surface area contributed by atoms with Crippen LogP contribution in [0.5, 0.6) is 0 Å².